The maximum atomic E-state index is 12.2. The number of urea groups is 1. The molecule has 1 fully saturated rings. The van der Waals surface area contributed by atoms with Crippen molar-refractivity contribution in [1.82, 2.24) is 4.90 Å². The van der Waals surface area contributed by atoms with Crippen molar-refractivity contribution in [2.45, 2.75) is 45.3 Å². The van der Waals surface area contributed by atoms with Crippen LogP contribution in [0.25, 0.3) is 0 Å². The van der Waals surface area contributed by atoms with Gasteiger partial charge >= 0.3 is 12.0 Å². The van der Waals surface area contributed by atoms with E-state index in [1.807, 2.05) is 13.8 Å². The van der Waals surface area contributed by atoms with Crippen molar-refractivity contribution in [1.29, 1.82) is 0 Å². The van der Waals surface area contributed by atoms with Crippen molar-refractivity contribution in [2.24, 2.45) is 0 Å². The smallest absolute Gasteiger partial charge is 0.339 e. The molecule has 2 aliphatic heterocycles. The second kappa shape index (κ2) is 5.55. The van der Waals surface area contributed by atoms with Gasteiger partial charge < -0.3 is 14.7 Å². The second-order valence-corrected chi connectivity index (χ2v) is 7.47. The van der Waals surface area contributed by atoms with E-state index in [1.165, 1.54) is 11.3 Å². The van der Waals surface area contributed by atoms with Crippen molar-refractivity contribution in [3.05, 3.63) is 16.0 Å². The molecule has 3 rings (SSSR count). The number of rotatable bonds is 2. The molecule has 0 unspecified atom stereocenters. The lowest BCUT2D eigenvalue weighted by molar-refractivity contribution is -0.0384. The Hall–Kier alpha value is -1.60. The van der Waals surface area contributed by atoms with E-state index < -0.39 is 5.97 Å². The third kappa shape index (κ3) is 2.83. The molecule has 3 heterocycles. The first-order valence-electron chi connectivity index (χ1n) is 7.45. The van der Waals surface area contributed by atoms with Crippen LogP contribution in [0.5, 0.6) is 0 Å². The largest absolute Gasteiger partial charge is 0.478 e. The molecular weight excluding hydrogens is 304 g/mol. The number of carbonyl (C=O) groups is 2. The molecule has 1 saturated heterocycles. The number of anilines is 1. The summed E-state index contributed by atoms with van der Waals surface area (Å²) in [5.41, 5.74) is 0.642. The topological polar surface area (TPSA) is 78.9 Å². The number of likely N-dealkylation sites (tertiary alicyclic amines) is 1. The predicted molar refractivity (Wildman–Crippen MR) is 83.7 cm³/mol. The van der Waals surface area contributed by atoms with E-state index in [9.17, 15) is 14.7 Å². The molecule has 0 bridgehead atoms. The van der Waals surface area contributed by atoms with Gasteiger partial charge in [0.15, 0.2) is 0 Å². The van der Waals surface area contributed by atoms with Gasteiger partial charge in [-0.1, -0.05) is 0 Å². The minimum absolute atomic E-state index is 0.209. The van der Waals surface area contributed by atoms with Gasteiger partial charge in [-0.15, -0.1) is 11.3 Å². The van der Waals surface area contributed by atoms with Gasteiger partial charge in [0.1, 0.15) is 5.00 Å². The number of amides is 2. The summed E-state index contributed by atoms with van der Waals surface area (Å²) in [7, 11) is 0. The van der Waals surface area contributed by atoms with Gasteiger partial charge in [-0.2, -0.15) is 0 Å². The van der Waals surface area contributed by atoms with Gasteiger partial charge in [-0.05, 0) is 32.3 Å². The summed E-state index contributed by atoms with van der Waals surface area (Å²) in [6.07, 6.45) is 2.55. The number of carboxylic acids is 1. The minimum atomic E-state index is -0.994. The van der Waals surface area contributed by atoms with Gasteiger partial charge in [-0.3, -0.25) is 5.32 Å². The number of thiophene rings is 1. The second-order valence-electron chi connectivity index (χ2n) is 6.36. The lowest BCUT2D eigenvalue weighted by Gasteiger charge is -2.30. The third-order valence-corrected chi connectivity index (χ3v) is 5.24. The normalized spacial score (nSPS) is 19.8. The Kier molecular flexibility index (Phi) is 3.86. The number of carbonyl (C=O) groups excluding carboxylic acids is 1. The average Bonchev–Trinajstić information content (AvgIpc) is 3.04. The average molecular weight is 324 g/mol. The molecule has 7 heteroatoms. The van der Waals surface area contributed by atoms with Crippen LogP contribution in [0.3, 0.4) is 0 Å². The fourth-order valence-electron chi connectivity index (χ4n) is 2.96. The quantitative estimate of drug-likeness (QED) is 0.876. The lowest BCUT2D eigenvalue weighted by atomic mass is 9.93. The summed E-state index contributed by atoms with van der Waals surface area (Å²) < 4.78 is 5.74. The van der Waals surface area contributed by atoms with Crippen molar-refractivity contribution in [3.63, 3.8) is 0 Å². The van der Waals surface area contributed by atoms with E-state index >= 15 is 0 Å². The molecule has 0 saturated carbocycles. The molecule has 1 aromatic heterocycles. The number of nitrogens with zero attached hydrogens (tertiary/aromatic N) is 1. The standard InChI is InChI=1S/C15H20N2O4S/c1-15(2)7-9-10(8-21-15)22-12(11(9)13(18)19)16-14(20)17-5-3-4-6-17/h3-8H2,1-2H3,(H,16,20)(H,18,19). The van der Waals surface area contributed by atoms with Gasteiger partial charge in [0.25, 0.3) is 0 Å². The van der Waals surface area contributed by atoms with Gasteiger partial charge in [0.05, 0.1) is 17.8 Å². The highest BCUT2D eigenvalue weighted by Gasteiger charge is 2.34. The Balaban J connectivity index is 1.89. The van der Waals surface area contributed by atoms with Crippen LogP contribution in [0.4, 0.5) is 9.80 Å². The molecule has 0 aliphatic carbocycles. The Morgan fingerprint density at radius 2 is 2.00 bits per heavy atom. The summed E-state index contributed by atoms with van der Waals surface area (Å²) in [6.45, 7) is 5.75. The highest BCUT2D eigenvalue weighted by molar-refractivity contribution is 7.17. The highest BCUT2D eigenvalue weighted by atomic mass is 32.1. The number of hydrogen-bond donors (Lipinski definition) is 2. The van der Waals surface area contributed by atoms with Crippen molar-refractivity contribution < 1.29 is 19.4 Å². The fraction of sp³-hybridized carbons (Fsp3) is 0.600. The van der Waals surface area contributed by atoms with E-state index in [0.717, 1.165) is 36.4 Å². The van der Waals surface area contributed by atoms with E-state index in [0.29, 0.717) is 18.0 Å². The zero-order valence-corrected chi connectivity index (χ0v) is 13.6. The third-order valence-electron chi connectivity index (χ3n) is 4.11. The van der Waals surface area contributed by atoms with Crippen molar-refractivity contribution in [3.8, 4) is 0 Å². The first kappa shape index (κ1) is 15.3. The Labute approximate surface area is 133 Å². The predicted octanol–water partition coefficient (Wildman–Crippen LogP) is 2.93. The molecule has 22 heavy (non-hydrogen) atoms. The summed E-state index contributed by atoms with van der Waals surface area (Å²) in [4.78, 5) is 26.5. The summed E-state index contributed by atoms with van der Waals surface area (Å²) in [5, 5.41) is 12.8. The number of ether oxygens (including phenoxy) is 1. The van der Waals surface area contributed by atoms with Crippen LogP contribution in [0.1, 0.15) is 47.5 Å². The zero-order valence-electron chi connectivity index (χ0n) is 12.8. The highest BCUT2D eigenvalue weighted by Crippen LogP contribution is 2.40. The van der Waals surface area contributed by atoms with Crippen LogP contribution in [0, 0.1) is 0 Å². The molecule has 2 amide bonds. The van der Waals surface area contributed by atoms with Crippen LogP contribution in [-0.2, 0) is 17.8 Å². The molecule has 0 radical (unpaired) electrons. The summed E-state index contributed by atoms with van der Waals surface area (Å²) in [5.74, 6) is -0.994. The van der Waals surface area contributed by atoms with Crippen LogP contribution in [0.2, 0.25) is 0 Å². The molecule has 6 nitrogen and oxygen atoms in total. The van der Waals surface area contributed by atoms with Gasteiger partial charge in [0, 0.05) is 24.4 Å². The number of nitrogens with one attached hydrogen (secondary N) is 1. The fourth-order valence-corrected chi connectivity index (χ4v) is 4.08. The number of aromatic carboxylic acids is 1. The molecule has 120 valence electrons. The van der Waals surface area contributed by atoms with Crippen LogP contribution in [0.15, 0.2) is 0 Å². The molecule has 2 N–H and O–H groups in total. The zero-order chi connectivity index (χ0) is 15.9. The van der Waals surface area contributed by atoms with Crippen molar-refractivity contribution >= 4 is 28.3 Å². The van der Waals surface area contributed by atoms with E-state index in [2.05, 4.69) is 5.32 Å². The van der Waals surface area contributed by atoms with Gasteiger partial charge in [0.2, 0.25) is 0 Å². The lowest BCUT2D eigenvalue weighted by Crippen LogP contribution is -2.33. The Morgan fingerprint density at radius 1 is 1.32 bits per heavy atom. The molecular formula is C15H20N2O4S. The maximum absolute atomic E-state index is 12.2. The maximum Gasteiger partial charge on any atom is 0.339 e. The van der Waals surface area contributed by atoms with Gasteiger partial charge in [-0.25, -0.2) is 9.59 Å². The van der Waals surface area contributed by atoms with E-state index in [4.69, 9.17) is 4.74 Å². The SMILES string of the molecule is CC1(C)Cc2c(sc(NC(=O)N3CCCC3)c2C(=O)O)CO1. The van der Waals surface area contributed by atoms with Crippen molar-refractivity contribution in [2.75, 3.05) is 18.4 Å². The van der Waals surface area contributed by atoms with E-state index in [1.54, 1.807) is 4.90 Å². The summed E-state index contributed by atoms with van der Waals surface area (Å²) in [6, 6.07) is -0.209. The summed E-state index contributed by atoms with van der Waals surface area (Å²) >= 11 is 1.31. The number of fused-ring (bicyclic) bond motifs is 1. The first-order chi connectivity index (χ1) is 10.4. The Morgan fingerprint density at radius 3 is 2.64 bits per heavy atom. The molecule has 0 atom stereocenters. The Bertz CT molecular complexity index is 617. The molecule has 0 spiro atoms. The monoisotopic (exact) mass is 324 g/mol. The molecule has 0 aromatic carbocycles. The minimum Gasteiger partial charge on any atom is -0.478 e. The number of hydrogen-bond acceptors (Lipinski definition) is 4. The first-order valence-corrected chi connectivity index (χ1v) is 8.27. The van der Waals surface area contributed by atoms with Crippen LogP contribution in [-0.4, -0.2) is 40.7 Å². The molecule has 1 aromatic rings. The van der Waals surface area contributed by atoms with E-state index in [-0.39, 0.29) is 17.2 Å². The molecule has 2 aliphatic rings. The number of carboxylic acid groups (broad SMARTS) is 1. The van der Waals surface area contributed by atoms with Crippen LogP contribution >= 0.6 is 11.3 Å². The van der Waals surface area contributed by atoms with Crippen LogP contribution < -0.4 is 5.32 Å².